The van der Waals surface area contributed by atoms with Crippen LogP contribution in [0.4, 0.5) is 0 Å². The maximum Gasteiger partial charge on any atom is 0.120 e. The number of oxime groups is 1. The van der Waals surface area contributed by atoms with Crippen LogP contribution < -0.4 is 4.74 Å². The molecule has 0 spiro atoms. The summed E-state index contributed by atoms with van der Waals surface area (Å²) in [6.07, 6.45) is 1.39. The molecule has 92 valence electrons. The van der Waals surface area contributed by atoms with E-state index in [-0.39, 0.29) is 0 Å². The van der Waals surface area contributed by atoms with Crippen molar-refractivity contribution in [1.82, 2.24) is 0 Å². The van der Waals surface area contributed by atoms with Gasteiger partial charge >= 0.3 is 0 Å². The second-order valence-corrected chi connectivity index (χ2v) is 4.10. The highest BCUT2D eigenvalue weighted by molar-refractivity contribution is 5.80. The van der Waals surface area contributed by atoms with E-state index in [0.29, 0.717) is 6.61 Å². The van der Waals surface area contributed by atoms with Crippen molar-refractivity contribution < 1.29 is 9.94 Å². The molecule has 2 aromatic rings. The molecule has 0 saturated carbocycles. The van der Waals surface area contributed by atoms with Crippen molar-refractivity contribution in [2.24, 2.45) is 5.16 Å². The lowest BCUT2D eigenvalue weighted by Gasteiger charge is -2.08. The van der Waals surface area contributed by atoms with Crippen LogP contribution in [0.5, 0.6) is 5.75 Å². The molecule has 0 unspecified atom stereocenters. The zero-order valence-electron chi connectivity index (χ0n) is 10.2. The molecule has 0 fully saturated rings. The number of rotatable bonds is 4. The number of benzene rings is 2. The number of hydrogen-bond donors (Lipinski definition) is 1. The molecule has 0 aliphatic carbocycles. The first-order chi connectivity index (χ1) is 8.78. The molecule has 0 saturated heterocycles. The van der Waals surface area contributed by atoms with Crippen molar-refractivity contribution in [2.75, 3.05) is 0 Å². The second-order valence-electron chi connectivity index (χ2n) is 4.10. The van der Waals surface area contributed by atoms with E-state index in [0.717, 1.165) is 22.4 Å². The van der Waals surface area contributed by atoms with Gasteiger partial charge in [-0.1, -0.05) is 41.6 Å². The minimum Gasteiger partial charge on any atom is -0.489 e. The Morgan fingerprint density at radius 1 is 1.17 bits per heavy atom. The Labute approximate surface area is 106 Å². The topological polar surface area (TPSA) is 41.8 Å². The summed E-state index contributed by atoms with van der Waals surface area (Å²) in [7, 11) is 0. The predicted octanol–water partition coefficient (Wildman–Crippen LogP) is 3.38. The third-order valence-corrected chi connectivity index (χ3v) is 2.53. The molecule has 0 atom stereocenters. The van der Waals surface area contributed by atoms with Crippen LogP contribution in [0.15, 0.2) is 53.7 Å². The fourth-order valence-corrected chi connectivity index (χ4v) is 1.74. The Hall–Kier alpha value is -2.29. The van der Waals surface area contributed by atoms with Gasteiger partial charge in [0.2, 0.25) is 0 Å². The van der Waals surface area contributed by atoms with Gasteiger partial charge in [0.15, 0.2) is 0 Å². The maximum atomic E-state index is 8.54. The minimum absolute atomic E-state index is 0.528. The third kappa shape index (κ3) is 3.35. The van der Waals surface area contributed by atoms with Gasteiger partial charge in [-0.05, 0) is 35.7 Å². The van der Waals surface area contributed by atoms with Gasteiger partial charge in [0, 0.05) is 0 Å². The normalized spacial score (nSPS) is 10.7. The first-order valence-corrected chi connectivity index (χ1v) is 5.74. The minimum atomic E-state index is 0.528. The van der Waals surface area contributed by atoms with Crippen molar-refractivity contribution in [2.45, 2.75) is 13.5 Å². The molecule has 0 bridgehead atoms. The summed E-state index contributed by atoms with van der Waals surface area (Å²) in [4.78, 5) is 0. The summed E-state index contributed by atoms with van der Waals surface area (Å²) >= 11 is 0. The monoisotopic (exact) mass is 241 g/mol. The van der Waals surface area contributed by atoms with Crippen LogP contribution >= 0.6 is 0 Å². The summed E-state index contributed by atoms with van der Waals surface area (Å²) in [5, 5.41) is 11.6. The summed E-state index contributed by atoms with van der Waals surface area (Å²) in [6, 6.07) is 15.7. The molecular formula is C15H15NO2. The molecule has 0 amide bonds. The van der Waals surface area contributed by atoms with Crippen LogP contribution in [0.25, 0.3) is 0 Å². The van der Waals surface area contributed by atoms with E-state index in [9.17, 15) is 0 Å². The lowest BCUT2D eigenvalue weighted by Crippen LogP contribution is -1.96. The fourth-order valence-electron chi connectivity index (χ4n) is 1.74. The zero-order valence-corrected chi connectivity index (χ0v) is 10.2. The van der Waals surface area contributed by atoms with E-state index in [1.165, 1.54) is 6.21 Å². The summed E-state index contributed by atoms with van der Waals surface area (Å²) in [5.74, 6) is 0.772. The Kier molecular flexibility index (Phi) is 3.97. The highest BCUT2D eigenvalue weighted by Crippen LogP contribution is 2.17. The lowest BCUT2D eigenvalue weighted by atomic mass is 10.1. The van der Waals surface area contributed by atoms with Crippen molar-refractivity contribution in [3.05, 3.63) is 65.2 Å². The molecule has 0 aliphatic heterocycles. The van der Waals surface area contributed by atoms with Crippen LogP contribution in [0, 0.1) is 6.92 Å². The summed E-state index contributed by atoms with van der Waals surface area (Å²) < 4.78 is 5.72. The molecule has 18 heavy (non-hydrogen) atoms. The van der Waals surface area contributed by atoms with E-state index in [1.807, 2.05) is 55.5 Å². The predicted molar refractivity (Wildman–Crippen MR) is 71.3 cm³/mol. The smallest absolute Gasteiger partial charge is 0.120 e. The molecule has 3 heteroatoms. The van der Waals surface area contributed by atoms with E-state index in [2.05, 4.69) is 5.16 Å². The van der Waals surface area contributed by atoms with Gasteiger partial charge < -0.3 is 9.94 Å². The Morgan fingerprint density at radius 3 is 2.67 bits per heavy atom. The number of hydrogen-bond acceptors (Lipinski definition) is 3. The van der Waals surface area contributed by atoms with Gasteiger partial charge in [0.05, 0.1) is 6.21 Å². The standard InChI is InChI=1S/C15H15NO2/c1-12-7-14(10-16-17)9-15(8-12)18-11-13-5-3-2-4-6-13/h2-10,17H,11H2,1H3/b16-10+. The first kappa shape index (κ1) is 12.2. The zero-order chi connectivity index (χ0) is 12.8. The number of nitrogens with zero attached hydrogens (tertiary/aromatic N) is 1. The average molecular weight is 241 g/mol. The molecule has 0 aliphatic rings. The molecule has 0 radical (unpaired) electrons. The lowest BCUT2D eigenvalue weighted by molar-refractivity contribution is 0.306. The Balaban J connectivity index is 2.09. The van der Waals surface area contributed by atoms with Crippen LogP contribution in [0.1, 0.15) is 16.7 Å². The van der Waals surface area contributed by atoms with Gasteiger partial charge in [-0.3, -0.25) is 0 Å². The van der Waals surface area contributed by atoms with Gasteiger partial charge in [-0.25, -0.2) is 0 Å². The van der Waals surface area contributed by atoms with E-state index in [4.69, 9.17) is 9.94 Å². The Bertz CT molecular complexity index is 535. The van der Waals surface area contributed by atoms with Crippen LogP contribution in [-0.2, 0) is 6.61 Å². The van der Waals surface area contributed by atoms with Crippen molar-refractivity contribution in [3.63, 3.8) is 0 Å². The van der Waals surface area contributed by atoms with Gasteiger partial charge in [-0.15, -0.1) is 0 Å². The molecule has 3 nitrogen and oxygen atoms in total. The number of ether oxygens (including phenoxy) is 1. The highest BCUT2D eigenvalue weighted by Gasteiger charge is 1.99. The fraction of sp³-hybridized carbons (Fsp3) is 0.133. The van der Waals surface area contributed by atoms with Crippen molar-refractivity contribution in [1.29, 1.82) is 0 Å². The molecule has 2 rings (SSSR count). The molecule has 1 N–H and O–H groups in total. The van der Waals surface area contributed by atoms with Gasteiger partial charge in [0.1, 0.15) is 12.4 Å². The summed E-state index contributed by atoms with van der Waals surface area (Å²) in [6.45, 7) is 2.50. The highest BCUT2D eigenvalue weighted by atomic mass is 16.5. The van der Waals surface area contributed by atoms with Crippen LogP contribution in [0.2, 0.25) is 0 Å². The van der Waals surface area contributed by atoms with Crippen LogP contribution in [-0.4, -0.2) is 11.4 Å². The maximum absolute atomic E-state index is 8.54. The van der Waals surface area contributed by atoms with Crippen LogP contribution in [0.3, 0.4) is 0 Å². The van der Waals surface area contributed by atoms with Crippen molar-refractivity contribution >= 4 is 6.21 Å². The van der Waals surface area contributed by atoms with Gasteiger partial charge in [0.25, 0.3) is 0 Å². The molecule has 0 aromatic heterocycles. The number of aryl methyl sites for hydroxylation is 1. The molecule has 2 aromatic carbocycles. The quantitative estimate of drug-likeness (QED) is 0.506. The average Bonchev–Trinajstić information content (AvgIpc) is 2.37. The third-order valence-electron chi connectivity index (χ3n) is 2.53. The largest absolute Gasteiger partial charge is 0.489 e. The second kappa shape index (κ2) is 5.87. The Morgan fingerprint density at radius 2 is 1.94 bits per heavy atom. The summed E-state index contributed by atoms with van der Waals surface area (Å²) in [5.41, 5.74) is 3.01. The van der Waals surface area contributed by atoms with Gasteiger partial charge in [-0.2, -0.15) is 0 Å². The van der Waals surface area contributed by atoms with Crippen molar-refractivity contribution in [3.8, 4) is 5.75 Å². The molecule has 0 heterocycles. The molecular weight excluding hydrogens is 226 g/mol. The van der Waals surface area contributed by atoms with E-state index >= 15 is 0 Å². The SMILES string of the molecule is Cc1cc(/C=N/O)cc(OCc2ccccc2)c1. The van der Waals surface area contributed by atoms with E-state index < -0.39 is 0 Å². The van der Waals surface area contributed by atoms with E-state index in [1.54, 1.807) is 0 Å². The first-order valence-electron chi connectivity index (χ1n) is 5.74.